The molecule has 7 heteroatoms. The Bertz CT molecular complexity index is 478. The van der Waals surface area contributed by atoms with Crippen LogP contribution in [-0.4, -0.2) is 54.8 Å². The molecule has 116 valence electrons. The highest BCUT2D eigenvalue weighted by molar-refractivity contribution is 5.85. The fraction of sp³-hybridized carbons (Fsp3) is 0.429. The lowest BCUT2D eigenvalue weighted by molar-refractivity contribution is -0.143. The van der Waals surface area contributed by atoms with Crippen LogP contribution in [0.25, 0.3) is 0 Å². The maximum absolute atomic E-state index is 12.0. The van der Waals surface area contributed by atoms with Crippen molar-refractivity contribution in [2.24, 2.45) is 5.73 Å². The highest BCUT2D eigenvalue weighted by Gasteiger charge is 2.20. The van der Waals surface area contributed by atoms with Gasteiger partial charge in [0.15, 0.2) is 0 Å². The van der Waals surface area contributed by atoms with E-state index in [-0.39, 0.29) is 19.6 Å². The van der Waals surface area contributed by atoms with Crippen molar-refractivity contribution < 1.29 is 23.8 Å². The van der Waals surface area contributed by atoms with E-state index < -0.39 is 24.6 Å². The number of likely N-dealkylation sites (N-methyl/N-ethyl adjacent to an activating group) is 1. The Balaban J connectivity index is 2.55. The Hall–Kier alpha value is -2.15. The molecule has 0 unspecified atom stereocenters. The highest BCUT2D eigenvalue weighted by Crippen LogP contribution is 2.13. The molecule has 0 aromatic heterocycles. The van der Waals surface area contributed by atoms with E-state index in [0.717, 1.165) is 10.5 Å². The Labute approximate surface area is 122 Å². The minimum absolute atomic E-state index is 0.00265. The number of aliphatic carboxylic acids is 1. The third-order valence-electron chi connectivity index (χ3n) is 2.79. The summed E-state index contributed by atoms with van der Waals surface area (Å²) in [6, 6.07) is 5.99. The largest absolute Gasteiger partial charge is 0.491 e. The number of hydrogen-bond donors (Lipinski definition) is 2. The average molecular weight is 297 g/mol. The second kappa shape index (κ2) is 8.21. The summed E-state index contributed by atoms with van der Waals surface area (Å²) in [4.78, 5) is 23.5. The highest BCUT2D eigenvalue weighted by atomic mass is 18.2. The SMILES string of the molecule is CN(CC(=O)O)C(=O)[C@@H](N)Cc1ccc(OCC[18F])cc1. The van der Waals surface area contributed by atoms with Crippen LogP contribution in [0.2, 0.25) is 0 Å². The average Bonchev–Trinajstić information content (AvgIpc) is 2.45. The molecule has 0 bridgehead atoms. The van der Waals surface area contributed by atoms with Gasteiger partial charge in [-0.15, -0.1) is 0 Å². The molecule has 1 rings (SSSR count). The predicted molar refractivity (Wildman–Crippen MR) is 74.9 cm³/mol. The molecule has 0 heterocycles. The Morgan fingerprint density at radius 1 is 1.38 bits per heavy atom. The Morgan fingerprint density at radius 3 is 2.52 bits per heavy atom. The first kappa shape index (κ1) is 16.9. The number of carbonyl (C=O) groups is 2. The second-order valence-electron chi connectivity index (χ2n) is 4.58. The topological polar surface area (TPSA) is 92.9 Å². The van der Waals surface area contributed by atoms with Crippen LogP contribution in [0.1, 0.15) is 5.56 Å². The maximum atomic E-state index is 12.0. The van der Waals surface area contributed by atoms with Gasteiger partial charge in [-0.1, -0.05) is 12.1 Å². The minimum atomic E-state index is -1.09. The van der Waals surface area contributed by atoms with E-state index in [2.05, 4.69) is 0 Å². The number of nitrogens with two attached hydrogens (primary N) is 1. The fourth-order valence-corrected chi connectivity index (χ4v) is 1.78. The molecule has 0 aliphatic rings. The molecule has 6 nitrogen and oxygen atoms in total. The number of alkyl halides is 1. The van der Waals surface area contributed by atoms with Crippen LogP contribution < -0.4 is 10.5 Å². The van der Waals surface area contributed by atoms with Crippen LogP contribution >= 0.6 is 0 Å². The number of ether oxygens (including phenoxy) is 1. The van der Waals surface area contributed by atoms with Crippen LogP contribution in [-0.2, 0) is 16.0 Å². The molecule has 0 spiro atoms. The minimum Gasteiger partial charge on any atom is -0.491 e. The van der Waals surface area contributed by atoms with Crippen molar-refractivity contribution in [1.29, 1.82) is 0 Å². The summed E-state index contributed by atoms with van der Waals surface area (Å²) in [5.41, 5.74) is 6.59. The van der Waals surface area contributed by atoms with Crippen molar-refractivity contribution in [1.82, 2.24) is 4.90 Å². The molecular weight excluding hydrogens is 278 g/mol. The van der Waals surface area contributed by atoms with Gasteiger partial charge in [0.1, 0.15) is 25.6 Å². The summed E-state index contributed by atoms with van der Waals surface area (Å²) in [6.07, 6.45) is 0.284. The molecule has 0 radical (unpaired) electrons. The first-order chi connectivity index (χ1) is 9.93. The van der Waals surface area contributed by atoms with E-state index in [1.807, 2.05) is 0 Å². The molecule has 1 amide bonds. The van der Waals surface area contributed by atoms with Crippen LogP contribution in [0, 0.1) is 0 Å². The van der Waals surface area contributed by atoms with Crippen molar-refractivity contribution in [3.63, 3.8) is 0 Å². The number of nitrogens with zero attached hydrogens (tertiary/aromatic N) is 1. The zero-order chi connectivity index (χ0) is 15.8. The summed E-state index contributed by atoms with van der Waals surface area (Å²) >= 11 is 0. The van der Waals surface area contributed by atoms with Crippen LogP contribution in [0.4, 0.5) is 4.39 Å². The van der Waals surface area contributed by atoms with Gasteiger partial charge in [0.25, 0.3) is 0 Å². The van der Waals surface area contributed by atoms with Crippen LogP contribution in [0.5, 0.6) is 5.75 Å². The molecule has 0 saturated carbocycles. The van der Waals surface area contributed by atoms with E-state index in [1.54, 1.807) is 24.3 Å². The number of carboxylic acids is 1. The van der Waals surface area contributed by atoms with E-state index in [0.29, 0.717) is 5.75 Å². The van der Waals surface area contributed by atoms with Crippen molar-refractivity contribution in [2.75, 3.05) is 26.9 Å². The smallest absolute Gasteiger partial charge is 0.323 e. The Kier molecular flexibility index (Phi) is 6.61. The van der Waals surface area contributed by atoms with Crippen molar-refractivity contribution >= 4 is 11.9 Å². The van der Waals surface area contributed by atoms with Crippen LogP contribution in [0.3, 0.4) is 0 Å². The standard InChI is InChI=1S/C14H19FN2O4/c1-17(9-13(18)19)14(20)12(16)8-10-2-4-11(5-3-10)21-7-6-15/h2-5,12H,6-9,16H2,1H3,(H,18,19)/t12-/m0/s1/i15-1. The summed E-state index contributed by atoms with van der Waals surface area (Å²) in [6.45, 7) is -0.948. The predicted octanol–water partition coefficient (Wildman–Crippen LogP) is 0.448. The number of hydrogen-bond acceptors (Lipinski definition) is 4. The number of amides is 1. The number of halogens is 1. The van der Waals surface area contributed by atoms with Gasteiger partial charge in [-0.05, 0) is 24.1 Å². The third-order valence-corrected chi connectivity index (χ3v) is 2.79. The molecule has 1 aromatic rings. The first-order valence-corrected chi connectivity index (χ1v) is 6.44. The number of carbonyl (C=O) groups excluding carboxylic acids is 1. The van der Waals surface area contributed by atoms with Crippen molar-refractivity contribution in [3.8, 4) is 5.75 Å². The van der Waals surface area contributed by atoms with E-state index >= 15 is 0 Å². The Morgan fingerprint density at radius 2 is 2.00 bits per heavy atom. The monoisotopic (exact) mass is 297 g/mol. The van der Waals surface area contributed by atoms with Gasteiger partial charge in [-0.3, -0.25) is 9.59 Å². The fourth-order valence-electron chi connectivity index (χ4n) is 1.78. The van der Waals surface area contributed by atoms with Gasteiger partial charge in [-0.2, -0.15) is 0 Å². The molecule has 1 aromatic carbocycles. The first-order valence-electron chi connectivity index (χ1n) is 6.44. The molecular formula is C14H19FN2O4. The van der Waals surface area contributed by atoms with Gasteiger partial charge in [0, 0.05) is 7.05 Å². The lowest BCUT2D eigenvalue weighted by atomic mass is 10.1. The lowest BCUT2D eigenvalue weighted by Crippen LogP contribution is -2.44. The number of benzene rings is 1. The second-order valence-corrected chi connectivity index (χ2v) is 4.58. The third kappa shape index (κ3) is 5.78. The van der Waals surface area contributed by atoms with E-state index in [4.69, 9.17) is 15.6 Å². The van der Waals surface area contributed by atoms with Crippen molar-refractivity contribution in [3.05, 3.63) is 29.8 Å². The molecule has 3 N–H and O–H groups in total. The van der Waals surface area contributed by atoms with E-state index in [1.165, 1.54) is 7.05 Å². The van der Waals surface area contributed by atoms with Gasteiger partial charge in [0.05, 0.1) is 6.04 Å². The van der Waals surface area contributed by atoms with Gasteiger partial charge < -0.3 is 20.5 Å². The van der Waals surface area contributed by atoms with Gasteiger partial charge in [-0.25, -0.2) is 4.39 Å². The molecule has 0 saturated heterocycles. The summed E-state index contributed by atoms with van der Waals surface area (Å²) in [5, 5.41) is 8.63. The quantitative estimate of drug-likeness (QED) is 0.726. The van der Waals surface area contributed by atoms with Crippen molar-refractivity contribution in [2.45, 2.75) is 12.5 Å². The maximum Gasteiger partial charge on any atom is 0.323 e. The number of rotatable bonds is 8. The zero-order valence-electron chi connectivity index (χ0n) is 11.8. The zero-order valence-corrected chi connectivity index (χ0v) is 11.8. The molecule has 1 atom stereocenters. The van der Waals surface area contributed by atoms with E-state index in [9.17, 15) is 14.0 Å². The molecule has 0 aliphatic heterocycles. The lowest BCUT2D eigenvalue weighted by Gasteiger charge is -2.19. The normalized spacial score (nSPS) is 11.8. The molecule has 0 aliphatic carbocycles. The van der Waals surface area contributed by atoms with Gasteiger partial charge >= 0.3 is 5.97 Å². The van der Waals surface area contributed by atoms with Gasteiger partial charge in [0.2, 0.25) is 5.91 Å². The summed E-state index contributed by atoms with van der Waals surface area (Å²) in [7, 11) is 1.39. The summed E-state index contributed by atoms with van der Waals surface area (Å²) < 4.78 is 17.1. The number of carboxylic acid groups (broad SMARTS) is 1. The molecule has 0 fully saturated rings. The molecule has 21 heavy (non-hydrogen) atoms. The van der Waals surface area contributed by atoms with Crippen LogP contribution in [0.15, 0.2) is 24.3 Å². The summed E-state index contributed by atoms with van der Waals surface area (Å²) in [5.74, 6) is -0.984.